The van der Waals surface area contributed by atoms with E-state index in [1.165, 1.54) is 0 Å². The molecule has 1 atom stereocenters. The lowest BCUT2D eigenvalue weighted by Crippen LogP contribution is -2.56. The number of carbonyl (C=O) groups excluding carboxylic acids is 2. The summed E-state index contributed by atoms with van der Waals surface area (Å²) in [4.78, 5) is 31.3. The Morgan fingerprint density at radius 1 is 1.22 bits per heavy atom. The molecule has 0 aromatic rings. The molecule has 0 aromatic carbocycles. The SMILES string of the molecule is CC(C)CCN1CC2(CCN(C(=O)C3CN(C)CCO3)CC2)OCCC1=O. The predicted octanol–water partition coefficient (Wildman–Crippen LogP) is 0.973. The number of morpholine rings is 1. The van der Waals surface area contributed by atoms with Crippen molar-refractivity contribution < 1.29 is 19.1 Å². The monoisotopic (exact) mass is 381 g/mol. The Morgan fingerprint density at radius 3 is 2.63 bits per heavy atom. The first-order chi connectivity index (χ1) is 12.9. The fourth-order valence-corrected chi connectivity index (χ4v) is 4.18. The Kier molecular flexibility index (Phi) is 6.76. The molecule has 3 aliphatic heterocycles. The van der Waals surface area contributed by atoms with Crippen LogP contribution in [0.2, 0.25) is 0 Å². The maximum absolute atomic E-state index is 12.8. The number of hydrogen-bond donors (Lipinski definition) is 0. The maximum Gasteiger partial charge on any atom is 0.253 e. The first-order valence-corrected chi connectivity index (χ1v) is 10.4. The van der Waals surface area contributed by atoms with Crippen molar-refractivity contribution in [3.05, 3.63) is 0 Å². The molecule has 7 heteroatoms. The number of nitrogens with zero attached hydrogens (tertiary/aromatic N) is 3. The van der Waals surface area contributed by atoms with E-state index in [0.717, 1.165) is 32.4 Å². The Morgan fingerprint density at radius 2 is 1.96 bits per heavy atom. The van der Waals surface area contributed by atoms with Crippen LogP contribution in [-0.2, 0) is 19.1 Å². The number of likely N-dealkylation sites (tertiary alicyclic amines) is 1. The molecule has 154 valence electrons. The molecule has 0 radical (unpaired) electrons. The molecule has 0 aromatic heterocycles. The Labute approximate surface area is 162 Å². The van der Waals surface area contributed by atoms with Gasteiger partial charge in [0.1, 0.15) is 6.10 Å². The minimum Gasteiger partial charge on any atom is -0.372 e. The van der Waals surface area contributed by atoms with Crippen LogP contribution in [0.1, 0.15) is 39.5 Å². The van der Waals surface area contributed by atoms with E-state index in [2.05, 4.69) is 18.7 Å². The summed E-state index contributed by atoms with van der Waals surface area (Å²) in [6.45, 7) is 9.81. The molecule has 2 amide bonds. The summed E-state index contributed by atoms with van der Waals surface area (Å²) in [6, 6.07) is 0. The highest BCUT2D eigenvalue weighted by Gasteiger charge is 2.42. The Balaban J connectivity index is 1.57. The molecular formula is C20H35N3O4. The third kappa shape index (κ3) is 5.21. The molecular weight excluding hydrogens is 346 g/mol. The zero-order chi connectivity index (χ0) is 19.4. The largest absolute Gasteiger partial charge is 0.372 e. The summed E-state index contributed by atoms with van der Waals surface area (Å²) >= 11 is 0. The zero-order valence-electron chi connectivity index (χ0n) is 17.1. The third-order valence-corrected chi connectivity index (χ3v) is 6.06. The first kappa shape index (κ1) is 20.6. The van der Waals surface area contributed by atoms with Crippen LogP contribution in [0.25, 0.3) is 0 Å². The van der Waals surface area contributed by atoms with Crippen LogP contribution in [-0.4, -0.2) is 97.7 Å². The summed E-state index contributed by atoms with van der Waals surface area (Å²) in [5, 5.41) is 0. The van der Waals surface area contributed by atoms with Crippen LogP contribution in [0.15, 0.2) is 0 Å². The number of rotatable bonds is 4. The number of amides is 2. The van der Waals surface area contributed by atoms with Crippen molar-refractivity contribution >= 4 is 11.8 Å². The minimum atomic E-state index is -0.350. The predicted molar refractivity (Wildman–Crippen MR) is 102 cm³/mol. The minimum absolute atomic E-state index is 0.0952. The van der Waals surface area contributed by atoms with Gasteiger partial charge in [0.05, 0.1) is 25.2 Å². The molecule has 0 aliphatic carbocycles. The summed E-state index contributed by atoms with van der Waals surface area (Å²) in [5.41, 5.74) is -0.301. The van der Waals surface area contributed by atoms with Gasteiger partial charge in [0, 0.05) is 39.3 Å². The Hall–Kier alpha value is -1.18. The van der Waals surface area contributed by atoms with E-state index >= 15 is 0 Å². The van der Waals surface area contributed by atoms with Gasteiger partial charge in [-0.25, -0.2) is 0 Å². The van der Waals surface area contributed by atoms with E-state index in [-0.39, 0.29) is 23.5 Å². The van der Waals surface area contributed by atoms with E-state index in [1.54, 1.807) is 0 Å². The lowest BCUT2D eigenvalue weighted by molar-refractivity contribution is -0.155. The van der Waals surface area contributed by atoms with Gasteiger partial charge in [-0.15, -0.1) is 0 Å². The van der Waals surface area contributed by atoms with Crippen molar-refractivity contribution in [2.75, 3.05) is 59.5 Å². The van der Waals surface area contributed by atoms with Gasteiger partial charge in [-0.05, 0) is 32.2 Å². The summed E-state index contributed by atoms with van der Waals surface area (Å²) < 4.78 is 11.9. The lowest BCUT2D eigenvalue weighted by atomic mass is 9.90. The fraction of sp³-hybridized carbons (Fsp3) is 0.900. The molecule has 0 bridgehead atoms. The molecule has 1 unspecified atom stereocenters. The van der Waals surface area contributed by atoms with Crippen molar-refractivity contribution in [3.63, 3.8) is 0 Å². The molecule has 1 spiro atoms. The van der Waals surface area contributed by atoms with Gasteiger partial charge in [0.25, 0.3) is 5.91 Å². The average Bonchev–Trinajstić information content (AvgIpc) is 2.79. The van der Waals surface area contributed by atoms with Gasteiger partial charge in [-0.3, -0.25) is 9.59 Å². The Bertz CT molecular complexity index is 531. The lowest BCUT2D eigenvalue weighted by Gasteiger charge is -2.43. The van der Waals surface area contributed by atoms with Gasteiger partial charge in [-0.1, -0.05) is 13.8 Å². The van der Waals surface area contributed by atoms with E-state index in [4.69, 9.17) is 9.47 Å². The molecule has 3 rings (SSSR count). The smallest absolute Gasteiger partial charge is 0.253 e. The number of likely N-dealkylation sites (N-methyl/N-ethyl adjacent to an activating group) is 1. The van der Waals surface area contributed by atoms with Crippen LogP contribution < -0.4 is 0 Å². The molecule has 27 heavy (non-hydrogen) atoms. The molecule has 0 N–H and O–H groups in total. The standard InChI is InChI=1S/C20H35N3O4/c1-16(2)4-8-23-15-20(27-12-5-18(23)24)6-9-22(10-7-20)19(25)17-14-21(3)11-13-26-17/h16-17H,4-15H2,1-3H3. The number of piperidine rings is 1. The van der Waals surface area contributed by atoms with Gasteiger partial charge in [0.2, 0.25) is 5.91 Å². The van der Waals surface area contributed by atoms with Crippen molar-refractivity contribution in [1.82, 2.24) is 14.7 Å². The van der Waals surface area contributed by atoms with Crippen molar-refractivity contribution in [3.8, 4) is 0 Å². The normalized spacial score (nSPS) is 27.3. The fourth-order valence-electron chi connectivity index (χ4n) is 4.18. The highest BCUT2D eigenvalue weighted by Crippen LogP contribution is 2.31. The molecule has 3 aliphatic rings. The van der Waals surface area contributed by atoms with Crippen molar-refractivity contribution in [1.29, 1.82) is 0 Å². The van der Waals surface area contributed by atoms with Crippen LogP contribution in [0.5, 0.6) is 0 Å². The highest BCUT2D eigenvalue weighted by molar-refractivity contribution is 5.81. The second-order valence-electron chi connectivity index (χ2n) is 8.73. The molecule has 0 saturated carbocycles. The van der Waals surface area contributed by atoms with Crippen LogP contribution in [0, 0.1) is 5.92 Å². The van der Waals surface area contributed by atoms with E-state index in [1.807, 2.05) is 16.8 Å². The second kappa shape index (κ2) is 8.88. The maximum atomic E-state index is 12.8. The van der Waals surface area contributed by atoms with Crippen LogP contribution in [0.4, 0.5) is 0 Å². The molecule has 7 nitrogen and oxygen atoms in total. The van der Waals surface area contributed by atoms with Gasteiger partial charge >= 0.3 is 0 Å². The van der Waals surface area contributed by atoms with Gasteiger partial charge in [-0.2, -0.15) is 0 Å². The zero-order valence-corrected chi connectivity index (χ0v) is 17.1. The number of ether oxygens (including phenoxy) is 2. The second-order valence-corrected chi connectivity index (χ2v) is 8.73. The third-order valence-electron chi connectivity index (χ3n) is 6.06. The summed E-state index contributed by atoms with van der Waals surface area (Å²) in [7, 11) is 2.02. The quantitative estimate of drug-likeness (QED) is 0.726. The topological polar surface area (TPSA) is 62.3 Å². The van der Waals surface area contributed by atoms with E-state index in [0.29, 0.717) is 51.7 Å². The van der Waals surface area contributed by atoms with Crippen LogP contribution in [0.3, 0.4) is 0 Å². The molecule has 3 heterocycles. The van der Waals surface area contributed by atoms with Gasteiger partial charge in [0.15, 0.2) is 0 Å². The van der Waals surface area contributed by atoms with Crippen molar-refractivity contribution in [2.24, 2.45) is 5.92 Å². The van der Waals surface area contributed by atoms with E-state index < -0.39 is 0 Å². The molecule has 3 saturated heterocycles. The average molecular weight is 382 g/mol. The molecule has 3 fully saturated rings. The highest BCUT2D eigenvalue weighted by atomic mass is 16.5. The van der Waals surface area contributed by atoms with E-state index in [9.17, 15) is 9.59 Å². The van der Waals surface area contributed by atoms with Gasteiger partial charge < -0.3 is 24.2 Å². The number of hydrogen-bond acceptors (Lipinski definition) is 5. The van der Waals surface area contributed by atoms with Crippen molar-refractivity contribution in [2.45, 2.75) is 51.2 Å². The number of carbonyl (C=O) groups is 2. The summed E-state index contributed by atoms with van der Waals surface area (Å²) in [6.07, 6.45) is 2.69. The summed E-state index contributed by atoms with van der Waals surface area (Å²) in [5.74, 6) is 0.869. The van der Waals surface area contributed by atoms with Crippen LogP contribution >= 0.6 is 0 Å². The first-order valence-electron chi connectivity index (χ1n) is 10.4.